The molecule has 0 aliphatic carbocycles. The summed E-state index contributed by atoms with van der Waals surface area (Å²) in [7, 11) is 0. The molecule has 7 nitrogen and oxygen atoms in total. The topological polar surface area (TPSA) is 117 Å². The van der Waals surface area contributed by atoms with Crippen molar-refractivity contribution in [2.24, 2.45) is 5.73 Å². The first-order valence-electron chi connectivity index (χ1n) is 4.13. The summed E-state index contributed by atoms with van der Waals surface area (Å²) < 4.78 is 39.8. The summed E-state index contributed by atoms with van der Waals surface area (Å²) in [5.74, 6) is -1.08. The molecule has 0 saturated carbocycles. The average Bonchev–Trinajstić information content (AvgIpc) is 2.15. The molecule has 0 fully saturated rings. The molecule has 0 aliphatic rings. The molecule has 4 N–H and O–H groups in total. The predicted molar refractivity (Wildman–Crippen MR) is 49.9 cm³/mol. The van der Waals surface area contributed by atoms with Crippen LogP contribution < -0.4 is 16.2 Å². The minimum absolute atomic E-state index is 0.400. The second-order valence-electron chi connectivity index (χ2n) is 2.85. The zero-order chi connectivity index (χ0) is 13.2. The Bertz CT molecular complexity index is 449. The number of aromatic nitrogens is 1. The van der Waals surface area contributed by atoms with E-state index in [0.29, 0.717) is 0 Å². The van der Waals surface area contributed by atoms with Crippen molar-refractivity contribution in [1.29, 1.82) is 0 Å². The highest BCUT2D eigenvalue weighted by Gasteiger charge is 2.37. The van der Waals surface area contributed by atoms with E-state index < -0.39 is 40.6 Å². The fourth-order valence-electron chi connectivity index (χ4n) is 1.09. The van der Waals surface area contributed by atoms with Crippen LogP contribution in [0, 0.1) is 10.1 Å². The lowest BCUT2D eigenvalue weighted by Crippen LogP contribution is -2.20. The average molecular weight is 252 g/mol. The second kappa shape index (κ2) is 4.41. The van der Waals surface area contributed by atoms with Crippen LogP contribution in [0.5, 0.6) is 5.75 Å². The van der Waals surface area contributed by atoms with Crippen molar-refractivity contribution in [3.8, 4) is 5.75 Å². The van der Waals surface area contributed by atoms with Crippen LogP contribution >= 0.6 is 0 Å². The van der Waals surface area contributed by atoms with E-state index in [4.69, 9.17) is 11.5 Å². The SMILES string of the molecule is NCc1ncc(N)c([N+](=O)[O-])c1OC(F)(F)F. The van der Waals surface area contributed by atoms with Crippen LogP contribution in [0.25, 0.3) is 0 Å². The second-order valence-corrected chi connectivity index (χ2v) is 2.85. The molecule has 1 aromatic rings. The molecular formula is C7H7F3N4O3. The van der Waals surface area contributed by atoms with Gasteiger partial charge < -0.3 is 16.2 Å². The van der Waals surface area contributed by atoms with Gasteiger partial charge in [0.05, 0.1) is 11.1 Å². The van der Waals surface area contributed by atoms with Gasteiger partial charge in [0.15, 0.2) is 0 Å². The van der Waals surface area contributed by atoms with Gasteiger partial charge in [0, 0.05) is 6.54 Å². The van der Waals surface area contributed by atoms with Crippen LogP contribution in [0.3, 0.4) is 0 Å². The summed E-state index contributed by atoms with van der Waals surface area (Å²) in [5.41, 5.74) is 8.35. The molecule has 1 rings (SSSR count). The predicted octanol–water partition coefficient (Wildman–Crippen LogP) is 0.929. The maximum absolute atomic E-state index is 12.1. The van der Waals surface area contributed by atoms with E-state index >= 15 is 0 Å². The molecule has 0 spiro atoms. The lowest BCUT2D eigenvalue weighted by molar-refractivity contribution is -0.387. The summed E-state index contributed by atoms with van der Waals surface area (Å²) >= 11 is 0. The molecule has 10 heteroatoms. The van der Waals surface area contributed by atoms with Gasteiger partial charge in [-0.1, -0.05) is 0 Å². The number of ether oxygens (including phenoxy) is 1. The van der Waals surface area contributed by atoms with Crippen LogP contribution in [-0.2, 0) is 6.54 Å². The summed E-state index contributed by atoms with van der Waals surface area (Å²) in [6.45, 7) is -0.452. The van der Waals surface area contributed by atoms with E-state index in [1.165, 1.54) is 0 Å². The first-order chi connectivity index (χ1) is 7.76. The van der Waals surface area contributed by atoms with Crippen molar-refractivity contribution in [2.45, 2.75) is 12.9 Å². The smallest absolute Gasteiger partial charge is 0.396 e. The summed E-state index contributed by atoms with van der Waals surface area (Å²) in [4.78, 5) is 13.0. The maximum Gasteiger partial charge on any atom is 0.573 e. The van der Waals surface area contributed by atoms with Gasteiger partial charge in [-0.3, -0.25) is 15.1 Å². The number of nitrogens with zero attached hydrogens (tertiary/aromatic N) is 2. The fraction of sp³-hybridized carbons (Fsp3) is 0.286. The van der Waals surface area contributed by atoms with E-state index in [0.717, 1.165) is 6.20 Å². The van der Waals surface area contributed by atoms with Gasteiger partial charge >= 0.3 is 12.0 Å². The Labute approximate surface area is 92.3 Å². The molecule has 0 amide bonds. The van der Waals surface area contributed by atoms with Crippen molar-refractivity contribution in [3.05, 3.63) is 22.0 Å². The van der Waals surface area contributed by atoms with E-state index in [9.17, 15) is 23.3 Å². The van der Waals surface area contributed by atoms with Crippen molar-refractivity contribution < 1.29 is 22.8 Å². The molecule has 94 valence electrons. The van der Waals surface area contributed by atoms with Gasteiger partial charge in [0.1, 0.15) is 11.4 Å². The first kappa shape index (κ1) is 13.0. The quantitative estimate of drug-likeness (QED) is 0.610. The number of nitrogen functional groups attached to an aromatic ring is 1. The molecule has 0 radical (unpaired) electrons. The molecule has 0 saturated heterocycles. The molecule has 17 heavy (non-hydrogen) atoms. The third-order valence-electron chi connectivity index (χ3n) is 1.70. The van der Waals surface area contributed by atoms with Crippen LogP contribution in [0.2, 0.25) is 0 Å². The molecule has 1 heterocycles. The number of rotatable bonds is 3. The van der Waals surface area contributed by atoms with Gasteiger partial charge in [0.25, 0.3) is 0 Å². The number of nitrogens with two attached hydrogens (primary N) is 2. The van der Waals surface area contributed by atoms with Gasteiger partial charge in [-0.25, -0.2) is 0 Å². The lowest BCUT2D eigenvalue weighted by atomic mass is 10.2. The first-order valence-corrected chi connectivity index (χ1v) is 4.13. The molecule has 1 aromatic heterocycles. The van der Waals surface area contributed by atoms with Crippen molar-refractivity contribution in [1.82, 2.24) is 4.98 Å². The van der Waals surface area contributed by atoms with Gasteiger partial charge in [-0.15, -0.1) is 13.2 Å². The normalized spacial score (nSPS) is 11.3. The molecule has 0 bridgehead atoms. The van der Waals surface area contributed by atoms with Crippen LogP contribution in [0.1, 0.15) is 5.69 Å². The number of anilines is 1. The Kier molecular flexibility index (Phi) is 3.36. The number of hydrogen-bond acceptors (Lipinski definition) is 6. The maximum atomic E-state index is 12.1. The highest BCUT2D eigenvalue weighted by molar-refractivity contribution is 5.66. The van der Waals surface area contributed by atoms with Gasteiger partial charge in [-0.2, -0.15) is 0 Å². The molecule has 0 atom stereocenters. The van der Waals surface area contributed by atoms with Crippen LogP contribution in [0.15, 0.2) is 6.20 Å². The Morgan fingerprint density at radius 3 is 2.53 bits per heavy atom. The number of pyridine rings is 1. The van der Waals surface area contributed by atoms with E-state index in [2.05, 4.69) is 9.72 Å². The lowest BCUT2D eigenvalue weighted by Gasteiger charge is -2.12. The van der Waals surface area contributed by atoms with Crippen molar-refractivity contribution in [2.75, 3.05) is 5.73 Å². The summed E-state index contributed by atoms with van der Waals surface area (Å²) in [5, 5.41) is 10.6. The standard InChI is InChI=1S/C7H7F3N4O3/c8-7(9,10)17-6-4(1-11)13-2-3(12)5(6)14(15)16/h2H,1,11-12H2. The van der Waals surface area contributed by atoms with Crippen molar-refractivity contribution in [3.63, 3.8) is 0 Å². The van der Waals surface area contributed by atoms with E-state index in [1.807, 2.05) is 0 Å². The Hall–Kier alpha value is -2.10. The number of alkyl halides is 3. The van der Waals surface area contributed by atoms with E-state index in [-0.39, 0.29) is 0 Å². The highest BCUT2D eigenvalue weighted by Crippen LogP contribution is 2.37. The number of hydrogen-bond donors (Lipinski definition) is 2. The monoisotopic (exact) mass is 252 g/mol. The van der Waals surface area contributed by atoms with Crippen LogP contribution in [-0.4, -0.2) is 16.3 Å². The Morgan fingerprint density at radius 1 is 1.53 bits per heavy atom. The number of nitro groups is 1. The Balaban J connectivity index is 3.40. The summed E-state index contributed by atoms with van der Waals surface area (Å²) in [6, 6.07) is 0. The molecular weight excluding hydrogens is 245 g/mol. The molecule has 0 unspecified atom stereocenters. The Morgan fingerprint density at radius 2 is 2.12 bits per heavy atom. The fourth-order valence-corrected chi connectivity index (χ4v) is 1.09. The highest BCUT2D eigenvalue weighted by atomic mass is 19.4. The zero-order valence-electron chi connectivity index (χ0n) is 8.19. The third-order valence-corrected chi connectivity index (χ3v) is 1.70. The van der Waals surface area contributed by atoms with Crippen LogP contribution in [0.4, 0.5) is 24.5 Å². The molecule has 0 aromatic carbocycles. The minimum Gasteiger partial charge on any atom is -0.396 e. The third kappa shape index (κ3) is 2.93. The van der Waals surface area contributed by atoms with E-state index in [1.54, 1.807) is 0 Å². The zero-order valence-corrected chi connectivity index (χ0v) is 8.19. The van der Waals surface area contributed by atoms with Crippen molar-refractivity contribution >= 4 is 11.4 Å². The minimum atomic E-state index is -5.09. The van der Waals surface area contributed by atoms with Gasteiger partial charge in [0.2, 0.25) is 5.75 Å². The van der Waals surface area contributed by atoms with Gasteiger partial charge in [-0.05, 0) is 0 Å². The largest absolute Gasteiger partial charge is 0.573 e. The molecule has 0 aliphatic heterocycles. The summed E-state index contributed by atoms with van der Waals surface area (Å²) in [6.07, 6.45) is -4.24. The number of halogens is 3.